The number of nitrogen functional groups attached to an aromatic ring is 1. The van der Waals surface area contributed by atoms with E-state index >= 15 is 0 Å². The summed E-state index contributed by atoms with van der Waals surface area (Å²) in [5, 5.41) is 0. The van der Waals surface area contributed by atoms with Crippen molar-refractivity contribution in [2.45, 2.75) is 19.8 Å². The first-order chi connectivity index (χ1) is 8.88. The average Bonchev–Trinajstić information content (AvgIpc) is 2.33. The molecule has 1 atom stereocenters. The van der Waals surface area contributed by atoms with E-state index in [0.29, 0.717) is 19.0 Å². The van der Waals surface area contributed by atoms with Crippen LogP contribution in [0.3, 0.4) is 0 Å². The highest BCUT2D eigenvalue weighted by Gasteiger charge is 2.27. The molecule has 0 bridgehead atoms. The Morgan fingerprint density at radius 2 is 2.21 bits per heavy atom. The Kier molecular flexibility index (Phi) is 3.96. The summed E-state index contributed by atoms with van der Waals surface area (Å²) >= 11 is 0. The predicted molar refractivity (Wildman–Crippen MR) is 73.3 cm³/mol. The van der Waals surface area contributed by atoms with Crippen molar-refractivity contribution in [3.05, 3.63) is 24.0 Å². The largest absolute Gasteiger partial charge is 0.399 e. The molecule has 0 amide bonds. The lowest BCUT2D eigenvalue weighted by molar-refractivity contribution is 0.282. The average molecular weight is 287 g/mol. The van der Waals surface area contributed by atoms with Crippen molar-refractivity contribution in [2.24, 2.45) is 5.92 Å². The van der Waals surface area contributed by atoms with Gasteiger partial charge in [-0.2, -0.15) is 12.7 Å². The Morgan fingerprint density at radius 3 is 2.84 bits per heavy atom. The Hall–Kier alpha value is -1.34. The molecule has 1 heterocycles. The van der Waals surface area contributed by atoms with Gasteiger partial charge in [0.1, 0.15) is 5.82 Å². The molecule has 7 heteroatoms. The zero-order valence-corrected chi connectivity index (χ0v) is 11.6. The fourth-order valence-electron chi connectivity index (χ4n) is 2.18. The monoisotopic (exact) mass is 287 g/mol. The molecule has 19 heavy (non-hydrogen) atoms. The van der Waals surface area contributed by atoms with Gasteiger partial charge in [-0.05, 0) is 37.0 Å². The van der Waals surface area contributed by atoms with Gasteiger partial charge >= 0.3 is 10.2 Å². The third-order valence-electron chi connectivity index (χ3n) is 3.19. The number of nitrogens with two attached hydrogens (primary N) is 1. The van der Waals surface area contributed by atoms with E-state index in [4.69, 9.17) is 5.73 Å². The van der Waals surface area contributed by atoms with Gasteiger partial charge < -0.3 is 5.73 Å². The van der Waals surface area contributed by atoms with E-state index in [0.717, 1.165) is 18.9 Å². The molecule has 3 N–H and O–H groups in total. The minimum absolute atomic E-state index is 0.0765. The fraction of sp³-hybridized carbons (Fsp3) is 0.500. The highest BCUT2D eigenvalue weighted by molar-refractivity contribution is 7.90. The van der Waals surface area contributed by atoms with Crippen LogP contribution in [0.1, 0.15) is 19.8 Å². The Labute approximate surface area is 112 Å². The van der Waals surface area contributed by atoms with Gasteiger partial charge in [0.05, 0.1) is 5.69 Å². The first-order valence-corrected chi connectivity index (χ1v) is 7.65. The van der Waals surface area contributed by atoms with E-state index in [2.05, 4.69) is 4.72 Å². The van der Waals surface area contributed by atoms with Crippen molar-refractivity contribution in [2.75, 3.05) is 23.5 Å². The summed E-state index contributed by atoms with van der Waals surface area (Å²) in [5.74, 6) is -0.352. The van der Waals surface area contributed by atoms with E-state index in [1.807, 2.05) is 6.92 Å². The maximum absolute atomic E-state index is 13.6. The number of rotatable bonds is 3. The van der Waals surface area contributed by atoms with Crippen LogP contribution < -0.4 is 10.5 Å². The van der Waals surface area contributed by atoms with Crippen molar-refractivity contribution in [3.8, 4) is 0 Å². The number of anilines is 2. The van der Waals surface area contributed by atoms with Crippen LogP contribution in [0.4, 0.5) is 15.8 Å². The minimum atomic E-state index is -3.70. The molecular formula is C12H18FN3O2S. The Balaban J connectivity index is 2.16. The highest BCUT2D eigenvalue weighted by atomic mass is 32.2. The first kappa shape index (κ1) is 14.1. The number of halogens is 1. The Bertz CT molecular complexity index is 562. The summed E-state index contributed by atoms with van der Waals surface area (Å²) in [7, 11) is -3.70. The van der Waals surface area contributed by atoms with Crippen molar-refractivity contribution in [1.82, 2.24) is 4.31 Å². The molecule has 1 aliphatic heterocycles. The molecule has 2 rings (SSSR count). The van der Waals surface area contributed by atoms with E-state index in [-0.39, 0.29) is 11.4 Å². The second kappa shape index (κ2) is 5.34. The van der Waals surface area contributed by atoms with Crippen molar-refractivity contribution in [3.63, 3.8) is 0 Å². The standard InChI is InChI=1S/C12H18FN3O2S/c1-9-3-2-6-16(8-9)19(17,18)15-12-5-4-10(14)7-11(12)13/h4-5,7,9,15H,2-3,6,8,14H2,1H3. The van der Waals surface area contributed by atoms with Crippen molar-refractivity contribution >= 4 is 21.6 Å². The normalized spacial score (nSPS) is 21.3. The van der Waals surface area contributed by atoms with E-state index in [1.54, 1.807) is 0 Å². The molecule has 1 fully saturated rings. The van der Waals surface area contributed by atoms with Crippen LogP contribution in [0.15, 0.2) is 18.2 Å². The smallest absolute Gasteiger partial charge is 0.301 e. The molecule has 0 spiro atoms. The van der Waals surface area contributed by atoms with Gasteiger partial charge in [0, 0.05) is 18.8 Å². The molecule has 106 valence electrons. The van der Waals surface area contributed by atoms with Crippen LogP contribution in [0.2, 0.25) is 0 Å². The van der Waals surface area contributed by atoms with Crippen molar-refractivity contribution in [1.29, 1.82) is 0 Å². The fourth-order valence-corrected chi connectivity index (χ4v) is 3.57. The van der Waals surface area contributed by atoms with E-state index in [1.165, 1.54) is 16.4 Å². The third-order valence-corrected chi connectivity index (χ3v) is 4.68. The summed E-state index contributed by atoms with van der Waals surface area (Å²) in [5.41, 5.74) is 5.60. The van der Waals surface area contributed by atoms with E-state index in [9.17, 15) is 12.8 Å². The van der Waals surface area contributed by atoms with Gasteiger partial charge in [-0.15, -0.1) is 0 Å². The summed E-state index contributed by atoms with van der Waals surface area (Å²) in [6, 6.07) is 3.88. The molecule has 1 aromatic rings. The zero-order valence-electron chi connectivity index (χ0n) is 10.8. The van der Waals surface area contributed by atoms with Crippen LogP contribution in [0.25, 0.3) is 0 Å². The third kappa shape index (κ3) is 3.36. The highest BCUT2D eigenvalue weighted by Crippen LogP contribution is 2.22. The SMILES string of the molecule is CC1CCCN(S(=O)(=O)Nc2ccc(N)cc2F)C1. The van der Waals surface area contributed by atoms with Gasteiger partial charge in [-0.1, -0.05) is 6.92 Å². The molecule has 0 aliphatic carbocycles. The number of nitrogens with one attached hydrogen (secondary N) is 1. The second-order valence-electron chi connectivity index (χ2n) is 4.95. The molecule has 1 aliphatic rings. The van der Waals surface area contributed by atoms with Gasteiger partial charge in [0.15, 0.2) is 0 Å². The quantitative estimate of drug-likeness (QED) is 0.832. The number of benzene rings is 1. The molecule has 0 saturated carbocycles. The maximum Gasteiger partial charge on any atom is 0.301 e. The van der Waals surface area contributed by atoms with Crippen LogP contribution >= 0.6 is 0 Å². The maximum atomic E-state index is 13.6. The molecule has 1 aromatic carbocycles. The molecule has 5 nitrogen and oxygen atoms in total. The zero-order chi connectivity index (χ0) is 14.0. The first-order valence-electron chi connectivity index (χ1n) is 6.21. The lowest BCUT2D eigenvalue weighted by Crippen LogP contribution is -2.42. The molecule has 1 unspecified atom stereocenters. The molecular weight excluding hydrogens is 269 g/mol. The lowest BCUT2D eigenvalue weighted by atomic mass is 10.0. The van der Waals surface area contributed by atoms with Crippen LogP contribution in [0.5, 0.6) is 0 Å². The summed E-state index contributed by atoms with van der Waals surface area (Å²) in [4.78, 5) is 0. The molecule has 0 aromatic heterocycles. The molecule has 1 saturated heterocycles. The van der Waals surface area contributed by atoms with Crippen LogP contribution in [-0.2, 0) is 10.2 Å². The van der Waals surface area contributed by atoms with E-state index < -0.39 is 16.0 Å². The molecule has 0 radical (unpaired) electrons. The van der Waals surface area contributed by atoms with Gasteiger partial charge in [-0.3, -0.25) is 4.72 Å². The summed E-state index contributed by atoms with van der Waals surface area (Å²) < 4.78 is 41.5. The predicted octanol–water partition coefficient (Wildman–Crippen LogP) is 1.80. The number of hydrogen-bond donors (Lipinski definition) is 2. The summed E-state index contributed by atoms with van der Waals surface area (Å²) in [6.45, 7) is 2.94. The minimum Gasteiger partial charge on any atom is -0.399 e. The van der Waals surface area contributed by atoms with Gasteiger partial charge in [0.25, 0.3) is 0 Å². The van der Waals surface area contributed by atoms with Gasteiger partial charge in [0.2, 0.25) is 0 Å². The second-order valence-corrected chi connectivity index (χ2v) is 6.62. The van der Waals surface area contributed by atoms with Crippen molar-refractivity contribution < 1.29 is 12.8 Å². The van der Waals surface area contributed by atoms with Crippen LogP contribution in [0, 0.1) is 11.7 Å². The number of piperidine rings is 1. The lowest BCUT2D eigenvalue weighted by Gasteiger charge is -2.30. The van der Waals surface area contributed by atoms with Crippen LogP contribution in [-0.4, -0.2) is 25.8 Å². The number of hydrogen-bond acceptors (Lipinski definition) is 3. The summed E-state index contributed by atoms with van der Waals surface area (Å²) in [6.07, 6.45) is 1.84. The topological polar surface area (TPSA) is 75.4 Å². The number of nitrogens with zero attached hydrogens (tertiary/aromatic N) is 1. The Morgan fingerprint density at radius 1 is 1.47 bits per heavy atom. The van der Waals surface area contributed by atoms with Gasteiger partial charge in [-0.25, -0.2) is 4.39 Å².